The maximum absolute atomic E-state index is 14.3. The number of likely N-dealkylation sites (tertiary alicyclic amines) is 1. The summed E-state index contributed by atoms with van der Waals surface area (Å²) in [6, 6.07) is 3.90. The van der Waals surface area contributed by atoms with Gasteiger partial charge in [-0.25, -0.2) is 0 Å². The second kappa shape index (κ2) is 6.59. The van der Waals surface area contributed by atoms with Gasteiger partial charge >= 0.3 is 6.18 Å². The maximum Gasteiger partial charge on any atom is 0.417 e. The number of hydrogen-bond acceptors (Lipinski definition) is 5. The van der Waals surface area contributed by atoms with E-state index in [4.69, 9.17) is 14.2 Å². The highest BCUT2D eigenvalue weighted by Crippen LogP contribution is 2.76. The van der Waals surface area contributed by atoms with E-state index in [1.807, 2.05) is 12.1 Å². The summed E-state index contributed by atoms with van der Waals surface area (Å²) in [4.78, 5) is 2.33. The third-order valence-electron chi connectivity index (χ3n) is 9.74. The number of fused-ring (bicyclic) bond motifs is 1. The minimum Gasteiger partial charge on any atom is -0.493 e. The van der Waals surface area contributed by atoms with Crippen LogP contribution in [0, 0.1) is 11.3 Å². The summed E-state index contributed by atoms with van der Waals surface area (Å²) in [6.07, 6.45) is 1.73. The molecule has 34 heavy (non-hydrogen) atoms. The average molecular weight is 478 g/mol. The lowest BCUT2D eigenvalue weighted by atomic mass is 9.36. The number of alkyl halides is 3. The highest BCUT2D eigenvalue weighted by atomic mass is 19.4. The van der Waals surface area contributed by atoms with Crippen LogP contribution in [0.1, 0.15) is 30.9 Å². The molecular formula is C26H30F3NO4. The molecule has 7 rings (SSSR count). The second-order valence-corrected chi connectivity index (χ2v) is 10.7. The molecule has 1 N–H and O–H groups in total. The van der Waals surface area contributed by atoms with Crippen LogP contribution < -0.4 is 9.47 Å². The van der Waals surface area contributed by atoms with Crippen LogP contribution in [0.5, 0.6) is 11.5 Å². The maximum atomic E-state index is 14.3. The van der Waals surface area contributed by atoms with Crippen molar-refractivity contribution in [3.8, 4) is 11.5 Å². The smallest absolute Gasteiger partial charge is 0.417 e. The number of methoxy groups -OCH3 is 2. The van der Waals surface area contributed by atoms with Gasteiger partial charge in [-0.05, 0) is 44.4 Å². The first-order valence-electron chi connectivity index (χ1n) is 11.8. The molecule has 2 aliphatic heterocycles. The molecule has 0 amide bonds. The van der Waals surface area contributed by atoms with Crippen molar-refractivity contribution in [2.75, 3.05) is 27.3 Å². The lowest BCUT2D eigenvalue weighted by Crippen LogP contribution is -2.81. The van der Waals surface area contributed by atoms with Gasteiger partial charge in [-0.2, -0.15) is 13.2 Å². The second-order valence-electron chi connectivity index (χ2n) is 10.7. The molecule has 8 heteroatoms. The predicted molar refractivity (Wildman–Crippen MR) is 119 cm³/mol. The third-order valence-corrected chi connectivity index (χ3v) is 9.74. The first kappa shape index (κ1) is 22.4. The Balaban J connectivity index is 1.66. The Morgan fingerprint density at radius 3 is 2.71 bits per heavy atom. The minimum absolute atomic E-state index is 0.0462. The fourth-order valence-corrected chi connectivity index (χ4v) is 8.30. The van der Waals surface area contributed by atoms with Gasteiger partial charge in [-0.15, -0.1) is 6.58 Å². The number of benzene rings is 1. The first-order chi connectivity index (χ1) is 16.0. The monoisotopic (exact) mass is 477 g/mol. The zero-order valence-electron chi connectivity index (χ0n) is 19.6. The highest BCUT2D eigenvalue weighted by Gasteiger charge is 2.82. The topological polar surface area (TPSA) is 51.2 Å². The molecule has 4 unspecified atom stereocenters. The van der Waals surface area contributed by atoms with Crippen molar-refractivity contribution in [2.45, 2.75) is 61.1 Å². The largest absolute Gasteiger partial charge is 0.493 e. The molecule has 1 aromatic rings. The van der Waals surface area contributed by atoms with Gasteiger partial charge in [0.2, 0.25) is 0 Å². The molecule has 184 valence electrons. The van der Waals surface area contributed by atoms with E-state index >= 15 is 0 Å². The Labute approximate surface area is 197 Å². The summed E-state index contributed by atoms with van der Waals surface area (Å²) in [7, 11) is 3.00. The molecule has 1 saturated heterocycles. The fraction of sp³-hybridized carbons (Fsp3) is 0.615. The van der Waals surface area contributed by atoms with Crippen molar-refractivity contribution in [3.63, 3.8) is 0 Å². The van der Waals surface area contributed by atoms with Crippen LogP contribution in [0.4, 0.5) is 13.2 Å². The van der Waals surface area contributed by atoms with Crippen LogP contribution in [0.25, 0.3) is 0 Å². The van der Waals surface area contributed by atoms with E-state index in [0.717, 1.165) is 24.6 Å². The van der Waals surface area contributed by atoms with E-state index in [-0.39, 0.29) is 12.5 Å². The number of piperidine rings is 1. The Morgan fingerprint density at radius 1 is 1.29 bits per heavy atom. The molecule has 2 spiro atoms. The Kier molecular flexibility index (Phi) is 4.35. The number of nitrogens with zero attached hydrogens (tertiary/aromatic N) is 1. The molecular weight excluding hydrogens is 447 g/mol. The summed E-state index contributed by atoms with van der Waals surface area (Å²) < 4.78 is 61.1. The van der Waals surface area contributed by atoms with Gasteiger partial charge in [-0.1, -0.05) is 24.3 Å². The summed E-state index contributed by atoms with van der Waals surface area (Å²) in [5.41, 5.74) is -3.40. The molecule has 0 radical (unpaired) electrons. The molecule has 5 nitrogen and oxygen atoms in total. The fourth-order valence-electron chi connectivity index (χ4n) is 8.30. The average Bonchev–Trinajstić information content (AvgIpc) is 3.17. The Hall–Kier alpha value is -2.03. The molecule has 1 saturated carbocycles. The number of halogens is 3. The van der Waals surface area contributed by atoms with E-state index in [2.05, 4.69) is 23.6 Å². The molecule has 4 aliphatic carbocycles. The summed E-state index contributed by atoms with van der Waals surface area (Å²) in [6.45, 7) is 6.22. The van der Waals surface area contributed by atoms with E-state index in [1.165, 1.54) is 7.11 Å². The molecule has 4 bridgehead atoms. The van der Waals surface area contributed by atoms with Crippen LogP contribution in [0.3, 0.4) is 0 Å². The Bertz CT molecular complexity index is 1100. The lowest BCUT2D eigenvalue weighted by Gasteiger charge is -2.72. The van der Waals surface area contributed by atoms with Crippen LogP contribution in [-0.2, 0) is 16.6 Å². The number of rotatable bonds is 5. The van der Waals surface area contributed by atoms with Crippen LogP contribution in [-0.4, -0.2) is 66.8 Å². The first-order valence-corrected chi connectivity index (χ1v) is 11.8. The van der Waals surface area contributed by atoms with Crippen LogP contribution in [0.15, 0.2) is 36.9 Å². The van der Waals surface area contributed by atoms with Crippen molar-refractivity contribution in [1.82, 2.24) is 4.90 Å². The summed E-state index contributed by atoms with van der Waals surface area (Å²) in [5.74, 6) is -0.0435. The van der Waals surface area contributed by atoms with E-state index in [9.17, 15) is 18.3 Å². The van der Waals surface area contributed by atoms with Gasteiger partial charge in [0.25, 0.3) is 0 Å². The third kappa shape index (κ3) is 2.20. The normalized spacial score (nSPS) is 41.0. The van der Waals surface area contributed by atoms with E-state index < -0.39 is 40.2 Å². The SMILES string of the molecule is C=CCN1CCC23c4c5ccc(OC)c4OC2[C@@]2(OC)C=C[C@@]3(C[C@@H]2C(C)(O)C(F)(F)F)C1C5. The zero-order valence-corrected chi connectivity index (χ0v) is 19.6. The molecule has 2 fully saturated rings. The van der Waals surface area contributed by atoms with Gasteiger partial charge in [0.1, 0.15) is 11.7 Å². The van der Waals surface area contributed by atoms with Gasteiger partial charge in [-0.3, -0.25) is 4.90 Å². The van der Waals surface area contributed by atoms with Crippen LogP contribution >= 0.6 is 0 Å². The van der Waals surface area contributed by atoms with Crippen molar-refractivity contribution in [2.24, 2.45) is 11.3 Å². The van der Waals surface area contributed by atoms with Gasteiger partial charge in [0.05, 0.1) is 12.5 Å². The van der Waals surface area contributed by atoms with Gasteiger partial charge < -0.3 is 19.3 Å². The molecule has 2 heterocycles. The molecule has 1 aromatic carbocycles. The number of hydrogen-bond donors (Lipinski definition) is 1. The van der Waals surface area contributed by atoms with Crippen molar-refractivity contribution < 1.29 is 32.5 Å². The van der Waals surface area contributed by atoms with Crippen LogP contribution in [0.2, 0.25) is 0 Å². The van der Waals surface area contributed by atoms with Gasteiger partial charge in [0.15, 0.2) is 17.1 Å². The highest BCUT2D eigenvalue weighted by molar-refractivity contribution is 5.65. The van der Waals surface area contributed by atoms with Crippen molar-refractivity contribution >= 4 is 0 Å². The predicted octanol–water partition coefficient (Wildman–Crippen LogP) is 3.79. The van der Waals surface area contributed by atoms with Crippen molar-refractivity contribution in [3.05, 3.63) is 48.1 Å². The Morgan fingerprint density at radius 2 is 2.06 bits per heavy atom. The zero-order chi connectivity index (χ0) is 24.3. The number of aliphatic hydroxyl groups is 1. The summed E-state index contributed by atoms with van der Waals surface area (Å²) in [5, 5.41) is 11.0. The lowest BCUT2D eigenvalue weighted by molar-refractivity contribution is -0.322. The molecule has 7 atom stereocenters. The molecule has 6 aliphatic rings. The van der Waals surface area contributed by atoms with E-state index in [0.29, 0.717) is 30.9 Å². The van der Waals surface area contributed by atoms with E-state index in [1.54, 1.807) is 13.2 Å². The van der Waals surface area contributed by atoms with Gasteiger partial charge in [0, 0.05) is 36.6 Å². The molecule has 0 aromatic heterocycles. The quantitative estimate of drug-likeness (QED) is 0.655. The standard InChI is InChI=1S/C26H30F3NO4/c1-5-11-30-12-10-24-19-15-6-7-16(32-3)20(19)34-21(24)25(33-4)9-8-23(24,18(30)13-15)14-17(25)22(2,31)26(27,28)29/h5-9,17-18,21,31H,1,10-14H2,2-4H3/t17-,18?,21?,22?,23-,24?,25-/m1/s1. The minimum atomic E-state index is -4.82. The van der Waals surface area contributed by atoms with Crippen molar-refractivity contribution in [1.29, 1.82) is 0 Å². The summed E-state index contributed by atoms with van der Waals surface area (Å²) >= 11 is 0. The number of ether oxygens (including phenoxy) is 3.